The molecule has 0 saturated carbocycles. The first-order chi connectivity index (χ1) is 10.1. The molecule has 1 unspecified atom stereocenters. The van der Waals surface area contributed by atoms with Crippen LogP contribution >= 0.6 is 11.8 Å². The van der Waals surface area contributed by atoms with Crippen LogP contribution in [0.2, 0.25) is 0 Å². The van der Waals surface area contributed by atoms with Crippen molar-refractivity contribution in [3.8, 4) is 0 Å². The van der Waals surface area contributed by atoms with Gasteiger partial charge >= 0.3 is 0 Å². The number of thioether (sulfide) groups is 1. The van der Waals surface area contributed by atoms with E-state index >= 15 is 0 Å². The van der Waals surface area contributed by atoms with E-state index in [4.69, 9.17) is 0 Å². The van der Waals surface area contributed by atoms with Crippen molar-refractivity contribution in [1.82, 2.24) is 0 Å². The largest absolute Gasteiger partial charge is 0.308 e. The number of nitrogens with zero attached hydrogens (tertiary/aromatic N) is 1. The van der Waals surface area contributed by atoms with E-state index in [0.29, 0.717) is 0 Å². The summed E-state index contributed by atoms with van der Waals surface area (Å²) in [5.41, 5.74) is 1.80. The van der Waals surface area contributed by atoms with Crippen molar-refractivity contribution < 1.29 is 9.18 Å². The number of anilines is 1. The Balaban J connectivity index is 2.05. The summed E-state index contributed by atoms with van der Waals surface area (Å²) in [7, 11) is 0. The Morgan fingerprint density at radius 1 is 1.10 bits per heavy atom. The summed E-state index contributed by atoms with van der Waals surface area (Å²) in [6.07, 6.45) is 0. The van der Waals surface area contributed by atoms with Crippen molar-refractivity contribution in [1.29, 1.82) is 0 Å². The first-order valence-electron chi connectivity index (χ1n) is 6.92. The van der Waals surface area contributed by atoms with Crippen LogP contribution in [0.3, 0.4) is 0 Å². The number of para-hydroxylation sites is 1. The molecule has 0 aliphatic carbocycles. The number of hydrogen-bond donors (Lipinski definition) is 0. The molecule has 2 aromatic carbocycles. The van der Waals surface area contributed by atoms with Crippen LogP contribution in [0.25, 0.3) is 0 Å². The number of hydrogen-bond acceptors (Lipinski definition) is 2. The van der Waals surface area contributed by atoms with Crippen LogP contribution in [0, 0.1) is 5.82 Å². The Bertz CT molecular complexity index is 669. The van der Waals surface area contributed by atoms with E-state index in [9.17, 15) is 9.18 Å². The van der Waals surface area contributed by atoms with Crippen LogP contribution in [0.15, 0.2) is 53.4 Å². The lowest BCUT2D eigenvalue weighted by Crippen LogP contribution is -2.42. The van der Waals surface area contributed by atoms with E-state index in [2.05, 4.69) is 0 Å². The third-order valence-electron chi connectivity index (χ3n) is 3.52. The average molecular weight is 301 g/mol. The minimum atomic E-state index is -0.317. The van der Waals surface area contributed by atoms with Crippen molar-refractivity contribution in [3.63, 3.8) is 0 Å². The fourth-order valence-electron chi connectivity index (χ4n) is 2.56. The van der Waals surface area contributed by atoms with Gasteiger partial charge in [0.1, 0.15) is 11.1 Å². The molecule has 2 aromatic rings. The lowest BCUT2D eigenvalue weighted by Gasteiger charge is -2.36. The van der Waals surface area contributed by atoms with E-state index in [1.54, 1.807) is 12.1 Å². The first-order valence-corrected chi connectivity index (χ1v) is 7.80. The number of benzene rings is 2. The summed E-state index contributed by atoms with van der Waals surface area (Å²) in [5, 5.41) is -0.317. The summed E-state index contributed by atoms with van der Waals surface area (Å²) in [6, 6.07) is 14.2. The van der Waals surface area contributed by atoms with Gasteiger partial charge in [-0.25, -0.2) is 4.39 Å². The second-order valence-corrected chi connectivity index (χ2v) is 6.47. The molecule has 0 radical (unpaired) electrons. The summed E-state index contributed by atoms with van der Waals surface area (Å²) in [6.45, 7) is 4.01. The molecular formula is C17H16FNOS. The van der Waals surface area contributed by atoms with Crippen LogP contribution in [0.4, 0.5) is 10.1 Å². The molecule has 1 aliphatic rings. The standard InChI is InChI=1S/C17H16FNOS/c1-11(2)19-14-5-3-4-6-15(14)21-16(17(19)20)12-7-9-13(18)10-8-12/h3-11,16H,1-2H3. The molecule has 2 nitrogen and oxygen atoms in total. The van der Waals surface area contributed by atoms with E-state index in [-0.39, 0.29) is 23.0 Å². The normalized spacial score (nSPS) is 18.0. The maximum atomic E-state index is 13.1. The first kappa shape index (κ1) is 14.1. The van der Waals surface area contributed by atoms with Gasteiger partial charge in [0.15, 0.2) is 0 Å². The van der Waals surface area contributed by atoms with Crippen LogP contribution in [0.1, 0.15) is 24.7 Å². The van der Waals surface area contributed by atoms with Gasteiger partial charge in [0.25, 0.3) is 0 Å². The lowest BCUT2D eigenvalue weighted by atomic mass is 10.1. The molecule has 0 aromatic heterocycles. The molecule has 0 saturated heterocycles. The van der Waals surface area contributed by atoms with Gasteiger partial charge in [-0.2, -0.15) is 0 Å². The fraction of sp³-hybridized carbons (Fsp3) is 0.235. The van der Waals surface area contributed by atoms with Gasteiger partial charge < -0.3 is 4.90 Å². The third-order valence-corrected chi connectivity index (χ3v) is 4.83. The molecule has 1 aliphatic heterocycles. The van der Waals surface area contributed by atoms with Gasteiger partial charge in [0.2, 0.25) is 5.91 Å². The average Bonchev–Trinajstić information content (AvgIpc) is 2.47. The highest BCUT2D eigenvalue weighted by Gasteiger charge is 2.35. The predicted octanol–water partition coefficient (Wildman–Crippen LogP) is 4.41. The molecular weight excluding hydrogens is 285 g/mol. The van der Waals surface area contributed by atoms with E-state index in [1.807, 2.05) is 43.0 Å². The number of fused-ring (bicyclic) bond motifs is 1. The number of rotatable bonds is 2. The van der Waals surface area contributed by atoms with Crippen LogP contribution in [-0.4, -0.2) is 11.9 Å². The number of halogens is 1. The molecule has 21 heavy (non-hydrogen) atoms. The second-order valence-electron chi connectivity index (χ2n) is 5.32. The number of amides is 1. The Hall–Kier alpha value is -1.81. The molecule has 1 amide bonds. The van der Waals surface area contributed by atoms with E-state index in [1.165, 1.54) is 23.9 Å². The monoisotopic (exact) mass is 301 g/mol. The molecule has 1 heterocycles. The van der Waals surface area contributed by atoms with Crippen molar-refractivity contribution >= 4 is 23.4 Å². The Labute approximate surface area is 128 Å². The second kappa shape index (κ2) is 5.53. The van der Waals surface area contributed by atoms with Crippen LogP contribution < -0.4 is 4.90 Å². The molecule has 1 atom stereocenters. The minimum Gasteiger partial charge on any atom is -0.308 e. The van der Waals surface area contributed by atoms with Crippen LogP contribution in [-0.2, 0) is 4.79 Å². The zero-order valence-corrected chi connectivity index (χ0v) is 12.7. The fourth-order valence-corrected chi connectivity index (χ4v) is 3.76. The third kappa shape index (κ3) is 2.56. The van der Waals surface area contributed by atoms with Crippen molar-refractivity contribution in [2.75, 3.05) is 4.90 Å². The summed E-state index contributed by atoms with van der Waals surface area (Å²) in [4.78, 5) is 15.7. The predicted molar refractivity (Wildman–Crippen MR) is 84.1 cm³/mol. The van der Waals surface area contributed by atoms with Crippen LogP contribution in [0.5, 0.6) is 0 Å². The van der Waals surface area contributed by atoms with Gasteiger partial charge in [0.05, 0.1) is 5.69 Å². The molecule has 3 rings (SSSR count). The van der Waals surface area contributed by atoms with Crippen molar-refractivity contribution in [3.05, 3.63) is 59.9 Å². The smallest absolute Gasteiger partial charge is 0.245 e. The highest BCUT2D eigenvalue weighted by molar-refractivity contribution is 8.00. The highest BCUT2D eigenvalue weighted by atomic mass is 32.2. The Kier molecular flexibility index (Phi) is 3.72. The lowest BCUT2D eigenvalue weighted by molar-refractivity contribution is -0.118. The Morgan fingerprint density at radius 3 is 2.43 bits per heavy atom. The minimum absolute atomic E-state index is 0.0558. The van der Waals surface area contributed by atoms with Gasteiger partial charge in [-0.1, -0.05) is 24.3 Å². The maximum Gasteiger partial charge on any atom is 0.245 e. The molecule has 0 bridgehead atoms. The summed E-state index contributed by atoms with van der Waals surface area (Å²) < 4.78 is 13.1. The van der Waals surface area contributed by atoms with Gasteiger partial charge in [-0.05, 0) is 43.7 Å². The quantitative estimate of drug-likeness (QED) is 0.818. The molecule has 0 fully saturated rings. The van der Waals surface area contributed by atoms with Gasteiger partial charge in [-0.3, -0.25) is 4.79 Å². The SMILES string of the molecule is CC(C)N1C(=O)C(c2ccc(F)cc2)Sc2ccccc21. The molecule has 4 heteroatoms. The molecule has 0 spiro atoms. The molecule has 0 N–H and O–H groups in total. The van der Waals surface area contributed by atoms with Gasteiger partial charge in [-0.15, -0.1) is 11.8 Å². The van der Waals surface area contributed by atoms with Crippen molar-refractivity contribution in [2.24, 2.45) is 0 Å². The number of carbonyl (C=O) groups is 1. The topological polar surface area (TPSA) is 20.3 Å². The zero-order valence-electron chi connectivity index (χ0n) is 11.9. The number of carbonyl (C=O) groups excluding carboxylic acids is 1. The zero-order chi connectivity index (χ0) is 15.0. The molecule has 108 valence electrons. The maximum absolute atomic E-state index is 13.1. The van der Waals surface area contributed by atoms with E-state index < -0.39 is 0 Å². The Morgan fingerprint density at radius 2 is 1.76 bits per heavy atom. The van der Waals surface area contributed by atoms with E-state index in [0.717, 1.165) is 16.1 Å². The summed E-state index contributed by atoms with van der Waals surface area (Å²) >= 11 is 1.53. The van der Waals surface area contributed by atoms with Gasteiger partial charge in [0, 0.05) is 10.9 Å². The highest BCUT2D eigenvalue weighted by Crippen LogP contribution is 2.46. The van der Waals surface area contributed by atoms with Crippen molar-refractivity contribution in [2.45, 2.75) is 30.0 Å². The summed E-state index contributed by atoms with van der Waals surface area (Å²) in [5.74, 6) is -0.228.